The zero-order chi connectivity index (χ0) is 18.9. The molecule has 2 N–H and O–H groups in total. The highest BCUT2D eigenvalue weighted by atomic mass is 16.5. The number of rotatable bonds is 9. The van der Waals surface area contributed by atoms with Crippen molar-refractivity contribution < 1.29 is 14.3 Å². The van der Waals surface area contributed by atoms with Gasteiger partial charge in [0.15, 0.2) is 11.5 Å². The molecule has 2 atom stereocenters. The summed E-state index contributed by atoms with van der Waals surface area (Å²) in [6, 6.07) is 16.0. The van der Waals surface area contributed by atoms with Crippen molar-refractivity contribution in [1.82, 2.24) is 10.6 Å². The van der Waals surface area contributed by atoms with Gasteiger partial charge < -0.3 is 20.1 Å². The predicted octanol–water partition coefficient (Wildman–Crippen LogP) is 3.27. The second-order valence-corrected chi connectivity index (χ2v) is 6.33. The van der Waals surface area contributed by atoms with Crippen LogP contribution in [0.1, 0.15) is 36.9 Å². The van der Waals surface area contributed by atoms with Gasteiger partial charge in [0.1, 0.15) is 0 Å². The normalized spacial score (nSPS) is 12.9. The van der Waals surface area contributed by atoms with Crippen molar-refractivity contribution in [3.63, 3.8) is 0 Å². The number of amides is 1. The van der Waals surface area contributed by atoms with E-state index < -0.39 is 0 Å². The van der Waals surface area contributed by atoms with Crippen LogP contribution >= 0.6 is 0 Å². The summed E-state index contributed by atoms with van der Waals surface area (Å²) < 4.78 is 10.6. The summed E-state index contributed by atoms with van der Waals surface area (Å²) in [5, 5.41) is 6.22. The molecule has 2 aromatic carbocycles. The van der Waals surface area contributed by atoms with Crippen molar-refractivity contribution in [2.75, 3.05) is 27.3 Å². The highest BCUT2D eigenvalue weighted by Gasteiger charge is 2.12. The summed E-state index contributed by atoms with van der Waals surface area (Å²) in [5.41, 5.74) is 2.26. The molecule has 140 valence electrons. The van der Waals surface area contributed by atoms with E-state index in [0.29, 0.717) is 18.0 Å². The highest BCUT2D eigenvalue weighted by molar-refractivity contribution is 5.78. The van der Waals surface area contributed by atoms with Crippen molar-refractivity contribution in [3.05, 3.63) is 59.7 Å². The van der Waals surface area contributed by atoms with Gasteiger partial charge in [-0.3, -0.25) is 4.79 Å². The molecule has 0 unspecified atom stereocenters. The third kappa shape index (κ3) is 5.49. The first kappa shape index (κ1) is 19.8. The van der Waals surface area contributed by atoms with Crippen LogP contribution in [0.3, 0.4) is 0 Å². The molecule has 2 aromatic rings. The number of benzene rings is 2. The number of ether oxygens (including phenoxy) is 2. The van der Waals surface area contributed by atoms with Gasteiger partial charge in [-0.1, -0.05) is 43.3 Å². The summed E-state index contributed by atoms with van der Waals surface area (Å²) in [5.74, 6) is 1.64. The van der Waals surface area contributed by atoms with Crippen LogP contribution in [0, 0.1) is 0 Å². The molecule has 2 rings (SSSR count). The van der Waals surface area contributed by atoms with Crippen LogP contribution in [0.25, 0.3) is 0 Å². The van der Waals surface area contributed by atoms with E-state index >= 15 is 0 Å². The number of hydrogen-bond acceptors (Lipinski definition) is 4. The zero-order valence-electron chi connectivity index (χ0n) is 15.9. The maximum Gasteiger partial charge on any atom is 0.233 e. The molecule has 0 radical (unpaired) electrons. The molecule has 0 fully saturated rings. The van der Waals surface area contributed by atoms with Crippen molar-refractivity contribution >= 4 is 5.91 Å². The third-order valence-electron chi connectivity index (χ3n) is 4.45. The number of hydrogen-bond donors (Lipinski definition) is 2. The minimum absolute atomic E-state index is 0.0138. The van der Waals surface area contributed by atoms with Crippen LogP contribution in [0.15, 0.2) is 48.5 Å². The monoisotopic (exact) mass is 356 g/mol. The van der Waals surface area contributed by atoms with E-state index in [-0.39, 0.29) is 24.4 Å². The fraction of sp³-hybridized carbons (Fsp3) is 0.381. The van der Waals surface area contributed by atoms with E-state index in [2.05, 4.69) is 29.7 Å². The van der Waals surface area contributed by atoms with Crippen LogP contribution < -0.4 is 20.1 Å². The van der Waals surface area contributed by atoms with Crippen LogP contribution in [0.5, 0.6) is 11.5 Å². The first-order chi connectivity index (χ1) is 12.5. The quantitative estimate of drug-likeness (QED) is 0.724. The van der Waals surface area contributed by atoms with Crippen LogP contribution in [-0.2, 0) is 4.79 Å². The average Bonchev–Trinajstić information content (AvgIpc) is 2.70. The Morgan fingerprint density at radius 1 is 0.962 bits per heavy atom. The third-order valence-corrected chi connectivity index (χ3v) is 4.45. The Morgan fingerprint density at radius 2 is 1.65 bits per heavy atom. The van der Waals surface area contributed by atoms with Crippen LogP contribution in [0.2, 0.25) is 0 Å². The fourth-order valence-corrected chi connectivity index (χ4v) is 2.71. The maximum atomic E-state index is 12.1. The topological polar surface area (TPSA) is 59.6 Å². The van der Waals surface area contributed by atoms with Gasteiger partial charge >= 0.3 is 0 Å². The molecular formula is C21H28N2O3. The van der Waals surface area contributed by atoms with E-state index in [0.717, 1.165) is 5.56 Å². The van der Waals surface area contributed by atoms with Crippen LogP contribution in [0.4, 0.5) is 0 Å². The molecule has 0 bridgehead atoms. The standard InChI is InChI=1S/C21H28N2O3/c1-15(17-8-6-5-7-9-17)13-23-21(24)14-22-16(2)18-10-11-19(25-3)20(12-18)26-4/h5-12,15-16,22H,13-14H2,1-4H3,(H,23,24)/t15-,16-/m0/s1. The minimum atomic E-state index is -0.0138. The smallest absolute Gasteiger partial charge is 0.233 e. The van der Waals surface area contributed by atoms with Gasteiger partial charge in [-0.2, -0.15) is 0 Å². The zero-order valence-corrected chi connectivity index (χ0v) is 15.9. The van der Waals surface area contributed by atoms with E-state index in [9.17, 15) is 4.79 Å². The van der Waals surface area contributed by atoms with Gasteiger partial charge in [0, 0.05) is 12.6 Å². The molecule has 0 aliphatic heterocycles. The SMILES string of the molecule is COc1ccc([C@H](C)NCC(=O)NC[C@H](C)c2ccccc2)cc1OC. The molecule has 0 saturated carbocycles. The molecule has 0 spiro atoms. The summed E-state index contributed by atoms with van der Waals surface area (Å²) in [6.45, 7) is 5.00. The fourth-order valence-electron chi connectivity index (χ4n) is 2.71. The molecule has 0 saturated heterocycles. The molecule has 0 aromatic heterocycles. The van der Waals surface area contributed by atoms with Crippen molar-refractivity contribution in [1.29, 1.82) is 0 Å². The van der Waals surface area contributed by atoms with E-state index in [4.69, 9.17) is 9.47 Å². The molecule has 5 nitrogen and oxygen atoms in total. The number of carbonyl (C=O) groups excluding carboxylic acids is 1. The van der Waals surface area contributed by atoms with Crippen molar-refractivity contribution in [3.8, 4) is 11.5 Å². The molecule has 0 aliphatic rings. The largest absolute Gasteiger partial charge is 0.493 e. The summed E-state index contributed by atoms with van der Waals surface area (Å²) in [7, 11) is 3.22. The molecule has 26 heavy (non-hydrogen) atoms. The minimum Gasteiger partial charge on any atom is -0.493 e. The lowest BCUT2D eigenvalue weighted by atomic mass is 10.0. The number of nitrogens with one attached hydrogen (secondary N) is 2. The van der Waals surface area contributed by atoms with Gasteiger partial charge in [0.25, 0.3) is 0 Å². The molecular weight excluding hydrogens is 328 g/mol. The Balaban J connectivity index is 1.81. The molecule has 1 amide bonds. The summed E-state index contributed by atoms with van der Waals surface area (Å²) in [4.78, 5) is 12.1. The average molecular weight is 356 g/mol. The van der Waals surface area contributed by atoms with Gasteiger partial charge in [-0.05, 0) is 36.1 Å². The summed E-state index contributed by atoms with van der Waals surface area (Å²) >= 11 is 0. The first-order valence-corrected chi connectivity index (χ1v) is 8.82. The second-order valence-electron chi connectivity index (χ2n) is 6.33. The lowest BCUT2D eigenvalue weighted by Gasteiger charge is -2.17. The van der Waals surface area contributed by atoms with Gasteiger partial charge in [-0.25, -0.2) is 0 Å². The van der Waals surface area contributed by atoms with Crippen molar-refractivity contribution in [2.24, 2.45) is 0 Å². The predicted molar refractivity (Wildman–Crippen MR) is 104 cm³/mol. The van der Waals surface area contributed by atoms with Crippen molar-refractivity contribution in [2.45, 2.75) is 25.8 Å². The highest BCUT2D eigenvalue weighted by Crippen LogP contribution is 2.29. The molecule has 0 aliphatic carbocycles. The number of methoxy groups -OCH3 is 2. The van der Waals surface area contributed by atoms with E-state index in [1.807, 2.05) is 43.3 Å². The number of carbonyl (C=O) groups is 1. The second kappa shape index (κ2) is 9.82. The van der Waals surface area contributed by atoms with Crippen LogP contribution in [-0.4, -0.2) is 33.2 Å². The van der Waals surface area contributed by atoms with Gasteiger partial charge in [0.2, 0.25) is 5.91 Å². The lowest BCUT2D eigenvalue weighted by Crippen LogP contribution is -2.36. The van der Waals surface area contributed by atoms with E-state index in [1.165, 1.54) is 5.56 Å². The Bertz CT molecular complexity index is 704. The Kier molecular flexibility index (Phi) is 7.48. The van der Waals surface area contributed by atoms with E-state index in [1.54, 1.807) is 14.2 Å². The van der Waals surface area contributed by atoms with Gasteiger partial charge in [-0.15, -0.1) is 0 Å². The molecule has 5 heteroatoms. The maximum absolute atomic E-state index is 12.1. The summed E-state index contributed by atoms with van der Waals surface area (Å²) in [6.07, 6.45) is 0. The Hall–Kier alpha value is -2.53. The lowest BCUT2D eigenvalue weighted by molar-refractivity contribution is -0.120. The van der Waals surface area contributed by atoms with Gasteiger partial charge in [0.05, 0.1) is 20.8 Å². The Morgan fingerprint density at radius 3 is 2.31 bits per heavy atom. The first-order valence-electron chi connectivity index (χ1n) is 8.82. The Labute approximate surface area is 155 Å². The molecule has 0 heterocycles.